The third-order valence-corrected chi connectivity index (χ3v) is 7.19. The van der Waals surface area contributed by atoms with Crippen LogP contribution in [0.15, 0.2) is 24.3 Å². The van der Waals surface area contributed by atoms with E-state index in [9.17, 15) is 20.0 Å². The van der Waals surface area contributed by atoms with Crippen LogP contribution in [0.5, 0.6) is 0 Å². The first kappa shape index (κ1) is 20.1. The lowest BCUT2D eigenvalue weighted by molar-refractivity contribution is 0.0692. The van der Waals surface area contributed by atoms with Gasteiger partial charge in [-0.25, -0.2) is 4.79 Å². The Bertz CT molecular complexity index is 969. The van der Waals surface area contributed by atoms with E-state index in [4.69, 9.17) is 0 Å². The van der Waals surface area contributed by atoms with Crippen molar-refractivity contribution in [1.82, 2.24) is 0 Å². The first-order valence-corrected chi connectivity index (χ1v) is 10.3. The summed E-state index contributed by atoms with van der Waals surface area (Å²) in [6.45, 7) is 6.77. The number of carboxylic acids is 1. The van der Waals surface area contributed by atoms with Gasteiger partial charge in [0.05, 0.1) is 16.7 Å². The van der Waals surface area contributed by atoms with Crippen LogP contribution >= 0.6 is 11.3 Å². The van der Waals surface area contributed by atoms with Crippen LogP contribution in [-0.4, -0.2) is 17.0 Å². The fraction of sp³-hybridized carbons (Fsp3) is 0.409. The van der Waals surface area contributed by atoms with E-state index in [1.54, 1.807) is 12.1 Å². The van der Waals surface area contributed by atoms with Crippen molar-refractivity contribution in [1.29, 1.82) is 5.26 Å². The van der Waals surface area contributed by atoms with Gasteiger partial charge in [0.15, 0.2) is 0 Å². The number of carbonyl (C=O) groups excluding carboxylic acids is 1. The second-order valence-corrected chi connectivity index (χ2v) is 9.01. The van der Waals surface area contributed by atoms with E-state index < -0.39 is 11.9 Å². The minimum atomic E-state index is -1.15. The third kappa shape index (κ3) is 3.67. The maximum Gasteiger partial charge on any atom is 0.336 e. The number of nitrogens with one attached hydrogen (secondary N) is 1. The molecule has 1 aromatic carbocycles. The normalized spacial score (nSPS) is 16.1. The Morgan fingerprint density at radius 2 is 2.00 bits per heavy atom. The average Bonchev–Trinajstić information content (AvgIpc) is 3.03. The fourth-order valence-corrected chi connectivity index (χ4v) is 5.06. The first-order chi connectivity index (χ1) is 13.3. The Kier molecular flexibility index (Phi) is 5.57. The molecule has 0 aliphatic heterocycles. The molecule has 2 N–H and O–H groups in total. The number of thiophene rings is 1. The summed E-state index contributed by atoms with van der Waals surface area (Å²) in [5, 5.41) is 22.3. The maximum atomic E-state index is 12.7. The maximum absolute atomic E-state index is 12.7. The molecule has 0 fully saturated rings. The van der Waals surface area contributed by atoms with Crippen molar-refractivity contribution in [3.63, 3.8) is 0 Å². The number of benzene rings is 1. The Balaban J connectivity index is 1.90. The molecule has 1 aliphatic rings. The van der Waals surface area contributed by atoms with Crippen LogP contribution < -0.4 is 5.32 Å². The highest BCUT2D eigenvalue weighted by Gasteiger charge is 2.34. The van der Waals surface area contributed by atoms with Crippen molar-refractivity contribution in [3.8, 4) is 6.07 Å². The SMILES string of the molecule is CCC(C)(C)[C@@H]1CCc2c(sc(NC(=O)c3ccccc3C(=O)O)c2C#N)C1. The third-order valence-electron chi connectivity index (χ3n) is 6.02. The molecule has 1 aliphatic carbocycles. The quantitative estimate of drug-likeness (QED) is 0.735. The van der Waals surface area contributed by atoms with Gasteiger partial charge < -0.3 is 10.4 Å². The Morgan fingerprint density at radius 1 is 1.32 bits per heavy atom. The topological polar surface area (TPSA) is 90.2 Å². The number of fused-ring (bicyclic) bond motifs is 1. The number of aromatic carboxylic acids is 1. The summed E-state index contributed by atoms with van der Waals surface area (Å²) in [6, 6.07) is 8.34. The molecule has 0 radical (unpaired) electrons. The molecule has 0 unspecified atom stereocenters. The summed E-state index contributed by atoms with van der Waals surface area (Å²) in [7, 11) is 0. The molecule has 0 saturated carbocycles. The van der Waals surface area contributed by atoms with Crippen LogP contribution in [0.2, 0.25) is 0 Å². The summed E-state index contributed by atoms with van der Waals surface area (Å²) in [6.07, 6.45) is 3.88. The van der Waals surface area contributed by atoms with Gasteiger partial charge in [-0.1, -0.05) is 39.3 Å². The van der Waals surface area contributed by atoms with Gasteiger partial charge in [0.2, 0.25) is 0 Å². The number of amides is 1. The van der Waals surface area contributed by atoms with Crippen LogP contribution in [-0.2, 0) is 12.8 Å². The number of hydrogen-bond donors (Lipinski definition) is 2. The largest absolute Gasteiger partial charge is 0.478 e. The molecule has 1 amide bonds. The summed E-state index contributed by atoms with van der Waals surface area (Å²) < 4.78 is 0. The highest BCUT2D eigenvalue weighted by Crippen LogP contribution is 2.45. The number of nitrogens with zero attached hydrogens (tertiary/aromatic N) is 1. The molecular formula is C22H24N2O3S. The molecule has 0 bridgehead atoms. The zero-order valence-corrected chi connectivity index (χ0v) is 17.2. The average molecular weight is 397 g/mol. The lowest BCUT2D eigenvalue weighted by Gasteiger charge is -2.36. The molecule has 0 saturated heterocycles. The Labute approximate surface area is 169 Å². The van der Waals surface area contributed by atoms with Gasteiger partial charge in [-0.3, -0.25) is 4.79 Å². The van der Waals surface area contributed by atoms with Gasteiger partial charge >= 0.3 is 5.97 Å². The lowest BCUT2D eigenvalue weighted by Crippen LogP contribution is -2.28. The molecule has 2 aromatic rings. The molecule has 6 heteroatoms. The van der Waals surface area contributed by atoms with E-state index in [0.29, 0.717) is 16.5 Å². The van der Waals surface area contributed by atoms with Crippen molar-refractivity contribution in [2.75, 3.05) is 5.32 Å². The number of anilines is 1. The van der Waals surface area contributed by atoms with Crippen LogP contribution in [0, 0.1) is 22.7 Å². The highest BCUT2D eigenvalue weighted by molar-refractivity contribution is 7.16. The van der Waals surface area contributed by atoms with Gasteiger partial charge in [0.25, 0.3) is 5.91 Å². The zero-order valence-electron chi connectivity index (χ0n) is 16.3. The molecule has 1 aromatic heterocycles. The number of carbonyl (C=O) groups is 2. The summed E-state index contributed by atoms with van der Waals surface area (Å²) in [5.41, 5.74) is 1.84. The molecule has 3 rings (SSSR count). The van der Waals surface area contributed by atoms with Crippen LogP contribution in [0.4, 0.5) is 5.00 Å². The van der Waals surface area contributed by atoms with Crippen molar-refractivity contribution >= 4 is 28.2 Å². The zero-order chi connectivity index (χ0) is 20.5. The number of hydrogen-bond acceptors (Lipinski definition) is 4. The van der Waals surface area contributed by atoms with Crippen LogP contribution in [0.3, 0.4) is 0 Å². The summed E-state index contributed by atoms with van der Waals surface area (Å²) in [4.78, 5) is 25.3. The van der Waals surface area contributed by atoms with E-state index >= 15 is 0 Å². The van der Waals surface area contributed by atoms with Gasteiger partial charge in [0, 0.05) is 4.88 Å². The van der Waals surface area contributed by atoms with Crippen LogP contribution in [0.1, 0.15) is 70.3 Å². The van der Waals surface area contributed by atoms with Crippen molar-refractivity contribution in [2.24, 2.45) is 11.3 Å². The minimum absolute atomic E-state index is 0.0513. The molecular weight excluding hydrogens is 372 g/mol. The van der Waals surface area contributed by atoms with E-state index in [0.717, 1.165) is 36.1 Å². The number of rotatable bonds is 5. The Hall–Kier alpha value is -2.65. The van der Waals surface area contributed by atoms with E-state index in [1.807, 2.05) is 0 Å². The van der Waals surface area contributed by atoms with Gasteiger partial charge in [-0.05, 0) is 48.3 Å². The smallest absolute Gasteiger partial charge is 0.336 e. The van der Waals surface area contributed by atoms with Gasteiger partial charge in [0.1, 0.15) is 11.1 Å². The van der Waals surface area contributed by atoms with Gasteiger partial charge in [-0.15, -0.1) is 11.3 Å². The molecule has 146 valence electrons. The van der Waals surface area contributed by atoms with E-state index in [2.05, 4.69) is 32.2 Å². The minimum Gasteiger partial charge on any atom is -0.478 e. The molecule has 1 heterocycles. The van der Waals surface area contributed by atoms with Crippen molar-refractivity contribution in [2.45, 2.75) is 46.5 Å². The summed E-state index contributed by atoms with van der Waals surface area (Å²) >= 11 is 1.45. The van der Waals surface area contributed by atoms with Gasteiger partial charge in [-0.2, -0.15) is 5.26 Å². The van der Waals surface area contributed by atoms with Crippen molar-refractivity contribution < 1.29 is 14.7 Å². The predicted octanol–water partition coefficient (Wildman–Crippen LogP) is 5.11. The standard InChI is InChI=1S/C22H24N2O3S/c1-4-22(2,3)13-9-10-14-17(12-23)20(28-18(14)11-13)24-19(25)15-7-5-6-8-16(15)21(26)27/h5-8,13H,4,9-11H2,1-3H3,(H,24,25)(H,26,27)/t13-/m1/s1. The second-order valence-electron chi connectivity index (χ2n) is 7.91. The van der Waals surface area contributed by atoms with E-state index in [1.165, 1.54) is 23.5 Å². The lowest BCUT2D eigenvalue weighted by atomic mass is 9.69. The molecule has 1 atom stereocenters. The fourth-order valence-electron chi connectivity index (χ4n) is 3.79. The first-order valence-electron chi connectivity index (χ1n) is 9.46. The van der Waals surface area contributed by atoms with Crippen molar-refractivity contribution in [3.05, 3.63) is 51.4 Å². The summed E-state index contributed by atoms with van der Waals surface area (Å²) in [5.74, 6) is -1.11. The van der Waals surface area contributed by atoms with Crippen LogP contribution in [0.25, 0.3) is 0 Å². The highest BCUT2D eigenvalue weighted by atomic mass is 32.1. The Morgan fingerprint density at radius 3 is 2.61 bits per heavy atom. The number of carboxylic acid groups (broad SMARTS) is 1. The molecule has 28 heavy (non-hydrogen) atoms. The monoisotopic (exact) mass is 396 g/mol. The predicted molar refractivity (Wildman–Crippen MR) is 110 cm³/mol. The number of nitriles is 1. The molecule has 0 spiro atoms. The molecule has 5 nitrogen and oxygen atoms in total. The second kappa shape index (κ2) is 7.76. The van der Waals surface area contributed by atoms with E-state index in [-0.39, 0.29) is 16.5 Å².